The maximum Gasteiger partial charge on any atom is 2.00 e. The summed E-state index contributed by atoms with van der Waals surface area (Å²) in [5.41, 5.74) is -3.87. The molecular weight excluding hydrogens is 515 g/mol. The molecule has 0 fully saturated rings. The van der Waals surface area contributed by atoms with Crippen LogP contribution in [0.4, 0.5) is 0 Å². The van der Waals surface area contributed by atoms with Gasteiger partial charge in [-0.3, -0.25) is 9.98 Å². The molecule has 3 aliphatic heterocycles. The second-order valence-corrected chi connectivity index (χ2v) is 10.7. The fraction of sp³-hybridized carbons (Fsp3) is 0.917. The van der Waals surface area contributed by atoms with E-state index in [-0.39, 0.29) is 54.6 Å². The zero-order valence-electron chi connectivity index (χ0n) is 22.6. The van der Waals surface area contributed by atoms with Crippen molar-refractivity contribution in [3.05, 3.63) is 0 Å². The van der Waals surface area contributed by atoms with Gasteiger partial charge >= 0.3 is 16.5 Å². The monoisotopic (exact) mass is 558 g/mol. The first-order chi connectivity index (χ1) is 16.4. The van der Waals surface area contributed by atoms with Crippen molar-refractivity contribution in [1.29, 1.82) is 0 Å². The molecule has 0 aromatic carbocycles. The summed E-state index contributed by atoms with van der Waals surface area (Å²) in [6, 6.07) is 0. The van der Waals surface area contributed by atoms with Gasteiger partial charge in [0.2, 0.25) is 0 Å². The first-order valence-electron chi connectivity index (χ1n) is 12.3. The third-order valence-corrected chi connectivity index (χ3v) is 5.79. The van der Waals surface area contributed by atoms with Crippen LogP contribution in [0, 0.1) is 0 Å². The van der Waals surface area contributed by atoms with Gasteiger partial charge < -0.3 is 44.5 Å². The Morgan fingerprint density at radius 3 is 1.19 bits per heavy atom. The molecule has 3 heterocycles. The number of nitrogens with one attached hydrogen (secondary N) is 2. The first-order valence-corrected chi connectivity index (χ1v) is 12.3. The molecule has 2 unspecified atom stereocenters. The molecule has 0 saturated carbocycles. The van der Waals surface area contributed by atoms with Crippen molar-refractivity contribution in [2.45, 2.75) is 63.8 Å². The van der Waals surface area contributed by atoms with Gasteiger partial charge in [0.15, 0.2) is 0 Å². The van der Waals surface area contributed by atoms with E-state index in [0.29, 0.717) is 52.7 Å². The molecule has 36 heavy (non-hydrogen) atoms. The largest absolute Gasteiger partial charge is 2.00 e. The minimum atomic E-state index is -1.20. The molecule has 0 amide bonds. The topological polar surface area (TPSA) is 141 Å². The second-order valence-electron chi connectivity index (χ2n) is 10.7. The summed E-state index contributed by atoms with van der Waals surface area (Å²) in [6.07, 6.45) is 0. The molecule has 0 aromatic heterocycles. The standard InChI is InChI=1S/C24H46N4O7.Ni/c1-21(2)15-25-17-24(6)20(30)28-22(3,4)16-26-18-23(5,19(29)27-21)34-13-11-32-9-7-31-8-10-33-12-14-35-24;/h25-26H,7-18H2,1-6H3,(H,27,29)(H,28,30);/q;+2/p-2. The Kier molecular flexibility index (Phi) is 13.8. The molecule has 11 nitrogen and oxygen atoms in total. The minimum Gasteiger partial charge on any atom is -0.860 e. The van der Waals surface area contributed by atoms with Gasteiger partial charge in [0.25, 0.3) is 0 Å². The molecular formula is C24H44N4NiO7. The summed E-state index contributed by atoms with van der Waals surface area (Å²) < 4.78 is 28.6. The van der Waals surface area contributed by atoms with Gasteiger partial charge in [-0.2, -0.15) is 0 Å². The van der Waals surface area contributed by atoms with Crippen LogP contribution >= 0.6 is 0 Å². The van der Waals surface area contributed by atoms with Crippen molar-refractivity contribution in [2.24, 2.45) is 9.98 Å². The smallest absolute Gasteiger partial charge is 0.860 e. The van der Waals surface area contributed by atoms with Crippen LogP contribution in [0.15, 0.2) is 9.98 Å². The van der Waals surface area contributed by atoms with E-state index in [9.17, 15) is 10.2 Å². The summed E-state index contributed by atoms with van der Waals surface area (Å²) in [4.78, 5) is 8.94. The Labute approximate surface area is 225 Å². The molecule has 2 atom stereocenters. The van der Waals surface area contributed by atoms with E-state index >= 15 is 0 Å². The van der Waals surface area contributed by atoms with Crippen molar-refractivity contribution in [3.8, 4) is 0 Å². The summed E-state index contributed by atoms with van der Waals surface area (Å²) in [6.45, 7) is 14.8. The van der Waals surface area contributed by atoms with Crippen molar-refractivity contribution >= 4 is 11.8 Å². The van der Waals surface area contributed by atoms with Gasteiger partial charge in [-0.1, -0.05) is 0 Å². The molecule has 2 bridgehead atoms. The van der Waals surface area contributed by atoms with Crippen LogP contribution in [0.1, 0.15) is 41.5 Å². The van der Waals surface area contributed by atoms with Gasteiger partial charge in [0, 0.05) is 26.2 Å². The van der Waals surface area contributed by atoms with E-state index in [0.717, 1.165) is 0 Å². The zero-order valence-corrected chi connectivity index (χ0v) is 23.5. The van der Waals surface area contributed by atoms with Crippen molar-refractivity contribution < 1.29 is 50.4 Å². The number of hydrogen-bond acceptors (Lipinski definition) is 11. The number of fused-ring (bicyclic) bond motifs is 20. The molecule has 212 valence electrons. The molecule has 0 spiro atoms. The van der Waals surface area contributed by atoms with Crippen LogP contribution in [0.2, 0.25) is 0 Å². The third-order valence-electron chi connectivity index (χ3n) is 5.79. The molecule has 0 saturated heterocycles. The van der Waals surface area contributed by atoms with Crippen LogP contribution < -0.4 is 20.8 Å². The van der Waals surface area contributed by atoms with Gasteiger partial charge in [0.05, 0.1) is 63.9 Å². The average molecular weight is 559 g/mol. The second kappa shape index (κ2) is 14.9. The fourth-order valence-corrected chi connectivity index (χ4v) is 3.65. The van der Waals surface area contributed by atoms with E-state index in [2.05, 4.69) is 20.6 Å². The summed E-state index contributed by atoms with van der Waals surface area (Å²) in [7, 11) is 0. The molecule has 0 radical (unpaired) electrons. The van der Waals surface area contributed by atoms with Crippen LogP contribution in [0.3, 0.4) is 0 Å². The molecule has 0 aromatic rings. The van der Waals surface area contributed by atoms with Crippen LogP contribution in [0.25, 0.3) is 0 Å². The van der Waals surface area contributed by atoms with Crippen LogP contribution in [-0.2, 0) is 40.2 Å². The fourth-order valence-electron chi connectivity index (χ4n) is 3.65. The molecule has 3 rings (SSSR count). The Hall–Kier alpha value is -0.846. The maximum absolute atomic E-state index is 13.3. The number of aliphatic imine (C=N–C) groups is 2. The first kappa shape index (κ1) is 33.2. The van der Waals surface area contributed by atoms with Gasteiger partial charge in [-0.25, -0.2) is 0 Å². The maximum atomic E-state index is 13.3. The molecule has 0 aliphatic carbocycles. The number of ether oxygens (including phenoxy) is 5. The average Bonchev–Trinajstić information content (AvgIpc) is 2.74. The predicted octanol–water partition coefficient (Wildman–Crippen LogP) is -1.13. The van der Waals surface area contributed by atoms with Gasteiger partial charge in [-0.15, -0.1) is 0 Å². The quantitative estimate of drug-likeness (QED) is 0.279. The van der Waals surface area contributed by atoms with E-state index < -0.39 is 22.3 Å². The van der Waals surface area contributed by atoms with Crippen molar-refractivity contribution in [1.82, 2.24) is 10.6 Å². The SMILES string of the molecule is CC1(C)CNCC2(C)OCCOCCOCCOCCOC(C)(CNCC(C)(C)N=C2[O-])C([O-])=N1.[Ni+2]. The van der Waals surface area contributed by atoms with E-state index in [1.54, 1.807) is 13.8 Å². The zero-order chi connectivity index (χ0) is 26.0. The van der Waals surface area contributed by atoms with Crippen molar-refractivity contribution in [2.75, 3.05) is 79.0 Å². The van der Waals surface area contributed by atoms with E-state index in [1.807, 2.05) is 27.7 Å². The van der Waals surface area contributed by atoms with Gasteiger partial charge in [0.1, 0.15) is 11.2 Å². The predicted molar refractivity (Wildman–Crippen MR) is 130 cm³/mol. The third kappa shape index (κ3) is 11.3. The molecule has 12 heteroatoms. The normalized spacial score (nSPS) is 32.2. The molecule has 3 aliphatic rings. The van der Waals surface area contributed by atoms with Crippen molar-refractivity contribution in [3.63, 3.8) is 0 Å². The van der Waals surface area contributed by atoms with E-state index in [1.165, 1.54) is 0 Å². The Morgan fingerprint density at radius 1 is 0.556 bits per heavy atom. The van der Waals surface area contributed by atoms with Crippen LogP contribution in [0.5, 0.6) is 0 Å². The number of nitrogens with zero attached hydrogens (tertiary/aromatic N) is 2. The number of hydrogen-bond donors (Lipinski definition) is 2. The van der Waals surface area contributed by atoms with Crippen LogP contribution in [-0.4, -0.2) is 113 Å². The number of rotatable bonds is 0. The Bertz CT molecular complexity index is 665. The summed E-state index contributed by atoms with van der Waals surface area (Å²) in [5.74, 6) is -0.713. The summed E-state index contributed by atoms with van der Waals surface area (Å²) >= 11 is 0. The van der Waals surface area contributed by atoms with Gasteiger partial charge in [-0.05, 0) is 53.3 Å². The summed E-state index contributed by atoms with van der Waals surface area (Å²) in [5, 5.41) is 33.1. The Morgan fingerprint density at radius 2 is 0.861 bits per heavy atom. The molecule has 2 N–H and O–H groups in total. The minimum absolute atomic E-state index is 0. The van der Waals surface area contributed by atoms with E-state index in [4.69, 9.17) is 23.7 Å². The Balaban J connectivity index is 0.00000648.